The Bertz CT molecular complexity index is 1170. The van der Waals surface area contributed by atoms with Crippen LogP contribution in [0.1, 0.15) is 23.0 Å². The van der Waals surface area contributed by atoms with Crippen LogP contribution in [0.4, 0.5) is 4.79 Å². The first-order valence-corrected chi connectivity index (χ1v) is 9.33. The summed E-state index contributed by atoms with van der Waals surface area (Å²) >= 11 is 0. The maximum Gasteiger partial charge on any atom is 0.426 e. The van der Waals surface area contributed by atoms with E-state index in [0.717, 1.165) is 5.56 Å². The predicted octanol–water partition coefficient (Wildman–Crippen LogP) is 3.13. The van der Waals surface area contributed by atoms with Crippen molar-refractivity contribution in [3.05, 3.63) is 72.3 Å². The number of aromatic nitrogens is 3. The van der Waals surface area contributed by atoms with E-state index < -0.39 is 12.0 Å². The summed E-state index contributed by atoms with van der Waals surface area (Å²) in [5.41, 5.74) is 6.88. The van der Waals surface area contributed by atoms with Crippen molar-refractivity contribution in [2.24, 2.45) is 0 Å². The summed E-state index contributed by atoms with van der Waals surface area (Å²) in [5.74, 6) is 0.201. The van der Waals surface area contributed by atoms with Crippen LogP contribution >= 0.6 is 0 Å². The van der Waals surface area contributed by atoms with Crippen LogP contribution in [-0.4, -0.2) is 33.4 Å². The summed E-state index contributed by atoms with van der Waals surface area (Å²) in [4.78, 5) is 29.1. The van der Waals surface area contributed by atoms with Crippen molar-refractivity contribution < 1.29 is 18.7 Å². The highest BCUT2D eigenvalue weighted by molar-refractivity contribution is 6.06. The highest BCUT2D eigenvalue weighted by Gasteiger charge is 2.18. The van der Waals surface area contributed by atoms with E-state index >= 15 is 0 Å². The Morgan fingerprint density at radius 3 is 2.70 bits per heavy atom. The lowest BCUT2D eigenvalue weighted by atomic mass is 10.1. The third-order valence-corrected chi connectivity index (χ3v) is 4.36. The molecule has 0 spiro atoms. The Balaban J connectivity index is 1.75. The average Bonchev–Trinajstić information content (AvgIpc) is 3.43. The minimum absolute atomic E-state index is 0.193. The van der Waals surface area contributed by atoms with Gasteiger partial charge in [0.2, 0.25) is 0 Å². The Labute approximate surface area is 171 Å². The fraction of sp³-hybridized carbons (Fsp3) is 0.143. The van der Waals surface area contributed by atoms with Gasteiger partial charge in [-0.2, -0.15) is 5.10 Å². The first kappa shape index (κ1) is 19.2. The molecule has 4 aromatic rings. The fourth-order valence-corrected chi connectivity index (χ4v) is 3.00. The van der Waals surface area contributed by atoms with Gasteiger partial charge in [-0.1, -0.05) is 30.3 Å². The number of nitrogens with zero attached hydrogens (tertiary/aromatic N) is 3. The fourth-order valence-electron chi connectivity index (χ4n) is 3.00. The number of hydrogen-bond acceptors (Lipinski definition) is 6. The number of carbonyl (C=O) groups is 2. The van der Waals surface area contributed by atoms with Crippen LogP contribution in [0.15, 0.2) is 65.4 Å². The van der Waals surface area contributed by atoms with Gasteiger partial charge in [0.25, 0.3) is 5.91 Å². The molecule has 0 fully saturated rings. The van der Waals surface area contributed by atoms with Crippen LogP contribution in [0, 0.1) is 0 Å². The number of rotatable bonds is 5. The summed E-state index contributed by atoms with van der Waals surface area (Å²) in [6, 6.07) is 14.8. The molecule has 0 bridgehead atoms. The van der Waals surface area contributed by atoms with Crippen LogP contribution in [0.5, 0.6) is 0 Å². The number of ether oxygens (including phenoxy) is 1. The van der Waals surface area contributed by atoms with Crippen LogP contribution in [0.2, 0.25) is 0 Å². The molecule has 0 saturated carbocycles. The first-order chi connectivity index (χ1) is 14.7. The molecule has 0 atom stereocenters. The normalized spacial score (nSPS) is 10.7. The molecular weight excluding hydrogens is 386 g/mol. The highest BCUT2D eigenvalue weighted by atomic mass is 16.5. The van der Waals surface area contributed by atoms with Crippen molar-refractivity contribution in [1.29, 1.82) is 0 Å². The smallest absolute Gasteiger partial charge is 0.426 e. The van der Waals surface area contributed by atoms with Crippen LogP contribution < -0.4 is 10.9 Å². The van der Waals surface area contributed by atoms with Crippen molar-refractivity contribution in [2.45, 2.75) is 13.5 Å². The summed E-state index contributed by atoms with van der Waals surface area (Å²) in [6.07, 6.45) is 2.41. The van der Waals surface area contributed by atoms with Crippen LogP contribution in [0.3, 0.4) is 0 Å². The predicted molar refractivity (Wildman–Crippen MR) is 108 cm³/mol. The maximum absolute atomic E-state index is 12.8. The molecule has 0 aliphatic heterocycles. The summed E-state index contributed by atoms with van der Waals surface area (Å²) in [7, 11) is 0. The topological polar surface area (TPSA) is 111 Å². The standard InChI is InChI=1S/C21H19N5O4/c1-2-29-21(28)25-24-20(27)16-11-18(14-7-4-3-5-8-14)23-19-17(16)12-22-26(19)13-15-9-6-10-30-15/h3-12H,2,13H2,1H3,(H,24,27)(H,25,28). The first-order valence-electron chi connectivity index (χ1n) is 9.33. The molecule has 3 heterocycles. The van der Waals surface area contributed by atoms with Gasteiger partial charge < -0.3 is 9.15 Å². The van der Waals surface area contributed by atoms with E-state index in [9.17, 15) is 9.59 Å². The SMILES string of the molecule is CCOC(=O)NNC(=O)c1cc(-c2ccccc2)nc2c1cnn2Cc1ccco1. The van der Waals surface area contributed by atoms with Crippen molar-refractivity contribution in [1.82, 2.24) is 25.6 Å². The van der Waals surface area contributed by atoms with E-state index in [4.69, 9.17) is 14.1 Å². The number of furan rings is 1. The zero-order chi connectivity index (χ0) is 20.9. The van der Waals surface area contributed by atoms with Crippen LogP contribution in [0.25, 0.3) is 22.3 Å². The van der Waals surface area contributed by atoms with Gasteiger partial charge in [0.15, 0.2) is 5.65 Å². The minimum Gasteiger partial charge on any atom is -0.467 e. The molecule has 0 aliphatic carbocycles. The Morgan fingerprint density at radius 1 is 1.13 bits per heavy atom. The van der Waals surface area contributed by atoms with Crippen molar-refractivity contribution in [2.75, 3.05) is 6.61 Å². The summed E-state index contributed by atoms with van der Waals surface area (Å²) in [5, 5.41) is 4.92. The zero-order valence-corrected chi connectivity index (χ0v) is 16.2. The quantitative estimate of drug-likeness (QED) is 0.494. The molecule has 9 heteroatoms. The van der Waals surface area contributed by atoms with Gasteiger partial charge in [-0.25, -0.2) is 19.9 Å². The minimum atomic E-state index is -0.743. The number of pyridine rings is 1. The van der Waals surface area contributed by atoms with Gasteiger partial charge in [0, 0.05) is 5.56 Å². The largest absolute Gasteiger partial charge is 0.467 e. The number of hydrogen-bond donors (Lipinski definition) is 2. The van der Waals surface area contributed by atoms with Gasteiger partial charge in [0.1, 0.15) is 12.3 Å². The van der Waals surface area contributed by atoms with E-state index in [-0.39, 0.29) is 6.61 Å². The molecule has 152 valence electrons. The number of fused-ring (bicyclic) bond motifs is 1. The molecule has 30 heavy (non-hydrogen) atoms. The Hall–Kier alpha value is -4.14. The van der Waals surface area contributed by atoms with Crippen LogP contribution in [-0.2, 0) is 11.3 Å². The zero-order valence-electron chi connectivity index (χ0n) is 16.2. The second-order valence-corrected chi connectivity index (χ2v) is 6.34. The molecule has 0 saturated heterocycles. The maximum atomic E-state index is 12.8. The molecule has 9 nitrogen and oxygen atoms in total. The number of benzene rings is 1. The number of nitrogens with one attached hydrogen (secondary N) is 2. The molecular formula is C21H19N5O4. The van der Waals surface area contributed by atoms with Crippen molar-refractivity contribution in [3.8, 4) is 11.3 Å². The van der Waals surface area contributed by atoms with Gasteiger partial charge >= 0.3 is 6.09 Å². The molecule has 0 unspecified atom stereocenters. The van der Waals surface area contributed by atoms with Crippen molar-refractivity contribution in [3.63, 3.8) is 0 Å². The molecule has 3 aromatic heterocycles. The number of amides is 2. The van der Waals surface area contributed by atoms with E-state index in [1.165, 1.54) is 0 Å². The van der Waals surface area contributed by atoms with E-state index in [1.807, 2.05) is 36.4 Å². The Kier molecular flexibility index (Phi) is 5.42. The number of hydrazine groups is 1. The summed E-state index contributed by atoms with van der Waals surface area (Å²) in [6.45, 7) is 2.23. The lowest BCUT2D eigenvalue weighted by Gasteiger charge is -2.10. The molecule has 1 aromatic carbocycles. The van der Waals surface area contributed by atoms with Gasteiger partial charge in [-0.3, -0.25) is 10.2 Å². The molecule has 2 amide bonds. The third kappa shape index (κ3) is 4.00. The monoisotopic (exact) mass is 405 g/mol. The average molecular weight is 405 g/mol. The highest BCUT2D eigenvalue weighted by Crippen LogP contribution is 2.25. The Morgan fingerprint density at radius 2 is 1.97 bits per heavy atom. The van der Waals surface area contributed by atoms with E-state index in [1.54, 1.807) is 36.2 Å². The summed E-state index contributed by atoms with van der Waals surface area (Å²) < 4.78 is 11.8. The molecule has 4 rings (SSSR count). The molecule has 0 aliphatic rings. The second kappa shape index (κ2) is 8.48. The van der Waals surface area contributed by atoms with E-state index in [2.05, 4.69) is 16.0 Å². The second-order valence-electron chi connectivity index (χ2n) is 6.34. The van der Waals surface area contributed by atoms with Gasteiger partial charge in [0.05, 0.1) is 35.7 Å². The molecule has 0 radical (unpaired) electrons. The lowest BCUT2D eigenvalue weighted by molar-refractivity contribution is 0.0914. The third-order valence-electron chi connectivity index (χ3n) is 4.36. The number of carbonyl (C=O) groups excluding carboxylic acids is 2. The van der Waals surface area contributed by atoms with Crippen molar-refractivity contribution >= 4 is 23.0 Å². The van der Waals surface area contributed by atoms with Gasteiger partial charge in [-0.05, 0) is 25.1 Å². The van der Waals surface area contributed by atoms with E-state index in [0.29, 0.717) is 34.6 Å². The molecule has 2 N–H and O–H groups in total. The van der Waals surface area contributed by atoms with Gasteiger partial charge in [-0.15, -0.1) is 0 Å². The lowest BCUT2D eigenvalue weighted by Crippen LogP contribution is -2.42.